The van der Waals surface area contributed by atoms with Crippen LogP contribution in [-0.4, -0.2) is 22.6 Å². The fourth-order valence-corrected chi connectivity index (χ4v) is 4.57. The van der Waals surface area contributed by atoms with Gasteiger partial charge in [-0.05, 0) is 23.3 Å². The van der Waals surface area contributed by atoms with Gasteiger partial charge in [-0.15, -0.1) is 21.5 Å². The molecule has 3 rings (SSSR count). The summed E-state index contributed by atoms with van der Waals surface area (Å²) in [6.45, 7) is 4.87. The highest BCUT2D eigenvalue weighted by Gasteiger charge is 2.67. The molecular formula is C14H18N4OS2. The Morgan fingerprint density at radius 3 is 2.76 bits per heavy atom. The molecule has 1 fully saturated rings. The quantitative estimate of drug-likeness (QED) is 0.884. The lowest BCUT2D eigenvalue weighted by Crippen LogP contribution is -2.38. The van der Waals surface area contributed by atoms with Crippen molar-refractivity contribution in [3.63, 3.8) is 0 Å². The van der Waals surface area contributed by atoms with Gasteiger partial charge in [0.2, 0.25) is 11.0 Å². The first-order chi connectivity index (χ1) is 9.96. The minimum absolute atomic E-state index is 0.0229. The van der Waals surface area contributed by atoms with Gasteiger partial charge in [0.05, 0.1) is 5.41 Å². The predicted molar refractivity (Wildman–Crippen MR) is 85.4 cm³/mol. The standard InChI is InChI=1S/C14H18N4OS2/c1-13(2)8-14(13,9-4-3-7-20-9)11(19)16-6-5-10-17-18-12(15)21-10/h3-4,7H,5-6,8H2,1-2H3,(H2,15,18)(H,16,19)/t14-/m0/s1. The zero-order chi connectivity index (χ0) is 15.1. The second-order valence-electron chi connectivity index (χ2n) is 5.98. The zero-order valence-corrected chi connectivity index (χ0v) is 13.7. The third-order valence-corrected chi connectivity index (χ3v) is 6.02. The molecule has 7 heteroatoms. The molecule has 1 saturated carbocycles. The second-order valence-corrected chi connectivity index (χ2v) is 8.02. The molecule has 0 bridgehead atoms. The summed E-state index contributed by atoms with van der Waals surface area (Å²) in [7, 11) is 0. The van der Waals surface area contributed by atoms with E-state index >= 15 is 0 Å². The van der Waals surface area contributed by atoms with Crippen LogP contribution in [0.2, 0.25) is 0 Å². The summed E-state index contributed by atoms with van der Waals surface area (Å²) in [5, 5.41) is 14.1. The number of nitrogens with zero attached hydrogens (tertiary/aromatic N) is 2. The maximum atomic E-state index is 12.7. The summed E-state index contributed by atoms with van der Waals surface area (Å²) in [6.07, 6.45) is 1.57. The van der Waals surface area contributed by atoms with Crippen LogP contribution in [0.25, 0.3) is 0 Å². The maximum absolute atomic E-state index is 12.7. The largest absolute Gasteiger partial charge is 0.374 e. The summed E-state index contributed by atoms with van der Waals surface area (Å²) in [6, 6.07) is 4.07. The highest BCUT2D eigenvalue weighted by Crippen LogP contribution is 2.65. The van der Waals surface area contributed by atoms with Crippen molar-refractivity contribution >= 4 is 33.7 Å². The van der Waals surface area contributed by atoms with Gasteiger partial charge in [-0.3, -0.25) is 4.79 Å². The molecule has 112 valence electrons. The maximum Gasteiger partial charge on any atom is 0.232 e. The molecule has 0 aliphatic heterocycles. The first-order valence-corrected chi connectivity index (χ1v) is 8.55. The molecule has 2 aromatic rings. The lowest BCUT2D eigenvalue weighted by molar-refractivity contribution is -0.124. The molecule has 21 heavy (non-hydrogen) atoms. The molecule has 1 aliphatic carbocycles. The van der Waals surface area contributed by atoms with Crippen LogP contribution in [0.1, 0.15) is 30.2 Å². The minimum Gasteiger partial charge on any atom is -0.374 e. The van der Waals surface area contributed by atoms with Gasteiger partial charge in [-0.1, -0.05) is 31.3 Å². The van der Waals surface area contributed by atoms with Crippen LogP contribution in [-0.2, 0) is 16.6 Å². The van der Waals surface area contributed by atoms with Crippen molar-refractivity contribution in [3.8, 4) is 0 Å². The van der Waals surface area contributed by atoms with Gasteiger partial charge in [0.15, 0.2) is 0 Å². The molecule has 5 nitrogen and oxygen atoms in total. The zero-order valence-electron chi connectivity index (χ0n) is 12.0. The van der Waals surface area contributed by atoms with E-state index in [2.05, 4.69) is 35.4 Å². The highest BCUT2D eigenvalue weighted by molar-refractivity contribution is 7.15. The van der Waals surface area contributed by atoms with E-state index in [4.69, 9.17) is 5.73 Å². The molecule has 0 unspecified atom stereocenters. The fraction of sp³-hybridized carbons (Fsp3) is 0.500. The summed E-state index contributed by atoms with van der Waals surface area (Å²) < 4.78 is 0. The third kappa shape index (κ3) is 2.44. The van der Waals surface area contributed by atoms with Crippen LogP contribution in [0.4, 0.5) is 5.13 Å². The Kier molecular flexibility index (Phi) is 3.49. The van der Waals surface area contributed by atoms with Gasteiger partial charge in [0.25, 0.3) is 0 Å². The number of carbonyl (C=O) groups is 1. The summed E-state index contributed by atoms with van der Waals surface area (Å²) in [4.78, 5) is 13.8. The monoisotopic (exact) mass is 322 g/mol. The van der Waals surface area contributed by atoms with Crippen LogP contribution < -0.4 is 11.1 Å². The summed E-state index contributed by atoms with van der Waals surface area (Å²) in [5.41, 5.74) is 5.21. The topological polar surface area (TPSA) is 80.9 Å². The number of anilines is 1. The van der Waals surface area contributed by atoms with Crippen molar-refractivity contribution < 1.29 is 4.79 Å². The van der Waals surface area contributed by atoms with Crippen LogP contribution >= 0.6 is 22.7 Å². The number of hydrogen-bond acceptors (Lipinski definition) is 6. The minimum atomic E-state index is -0.360. The van der Waals surface area contributed by atoms with Crippen LogP contribution in [0, 0.1) is 5.41 Å². The van der Waals surface area contributed by atoms with Crippen LogP contribution in [0.3, 0.4) is 0 Å². The number of nitrogens with two attached hydrogens (primary N) is 1. The van der Waals surface area contributed by atoms with Gasteiger partial charge >= 0.3 is 0 Å². The van der Waals surface area contributed by atoms with Crippen LogP contribution in [0.5, 0.6) is 0 Å². The average molecular weight is 322 g/mol. The Balaban J connectivity index is 1.64. The number of hydrogen-bond donors (Lipinski definition) is 2. The molecule has 1 amide bonds. The number of carbonyl (C=O) groups excluding carboxylic acids is 1. The third-order valence-electron chi connectivity index (χ3n) is 4.17. The predicted octanol–water partition coefficient (Wildman–Crippen LogP) is 2.21. The van der Waals surface area contributed by atoms with E-state index < -0.39 is 0 Å². The van der Waals surface area contributed by atoms with Crippen molar-refractivity contribution in [2.45, 2.75) is 32.1 Å². The lowest BCUT2D eigenvalue weighted by Gasteiger charge is -2.18. The molecule has 2 aromatic heterocycles. The number of nitrogens with one attached hydrogen (secondary N) is 1. The van der Waals surface area contributed by atoms with Crippen molar-refractivity contribution in [1.82, 2.24) is 15.5 Å². The smallest absolute Gasteiger partial charge is 0.232 e. The van der Waals surface area contributed by atoms with Crippen molar-refractivity contribution in [2.24, 2.45) is 5.41 Å². The molecule has 1 atom stereocenters. The Hall–Kier alpha value is -1.47. The molecule has 0 radical (unpaired) electrons. The Labute approximate surface area is 131 Å². The Bertz CT molecular complexity index is 650. The van der Waals surface area contributed by atoms with Crippen LogP contribution in [0.15, 0.2) is 17.5 Å². The number of amides is 1. The second kappa shape index (κ2) is 5.06. The Morgan fingerprint density at radius 1 is 1.48 bits per heavy atom. The van der Waals surface area contributed by atoms with E-state index in [1.807, 2.05) is 11.4 Å². The van der Waals surface area contributed by atoms with Gasteiger partial charge in [0.1, 0.15) is 5.01 Å². The molecule has 2 heterocycles. The van der Waals surface area contributed by atoms with Gasteiger partial charge in [-0.25, -0.2) is 0 Å². The van der Waals surface area contributed by atoms with E-state index in [0.717, 1.165) is 16.3 Å². The van der Waals surface area contributed by atoms with Crippen molar-refractivity contribution in [3.05, 3.63) is 27.4 Å². The number of nitrogen functional groups attached to an aromatic ring is 1. The van der Waals surface area contributed by atoms with E-state index in [1.165, 1.54) is 11.3 Å². The first-order valence-electron chi connectivity index (χ1n) is 6.86. The fourth-order valence-electron chi connectivity index (χ4n) is 2.86. The number of aromatic nitrogens is 2. The SMILES string of the molecule is CC1(C)C[C@@]1(C(=O)NCCc1nnc(N)s1)c1cccs1. The van der Waals surface area contributed by atoms with Gasteiger partial charge in [0, 0.05) is 17.8 Å². The van der Waals surface area contributed by atoms with E-state index in [0.29, 0.717) is 18.1 Å². The average Bonchev–Trinajstić information content (AvgIpc) is 2.87. The molecule has 0 spiro atoms. The lowest BCUT2D eigenvalue weighted by atomic mass is 9.93. The molecule has 0 aromatic carbocycles. The first kappa shape index (κ1) is 14.5. The number of rotatable bonds is 5. The number of thiophene rings is 1. The molecular weight excluding hydrogens is 304 g/mol. The van der Waals surface area contributed by atoms with Crippen molar-refractivity contribution in [2.75, 3.05) is 12.3 Å². The normalized spacial score (nSPS) is 23.0. The Morgan fingerprint density at radius 2 is 2.24 bits per heavy atom. The summed E-state index contributed by atoms with van der Waals surface area (Å²) >= 11 is 3.02. The molecule has 3 N–H and O–H groups in total. The van der Waals surface area contributed by atoms with E-state index in [-0.39, 0.29) is 16.7 Å². The van der Waals surface area contributed by atoms with E-state index in [1.54, 1.807) is 11.3 Å². The van der Waals surface area contributed by atoms with Gasteiger partial charge in [-0.2, -0.15) is 0 Å². The molecule has 0 saturated heterocycles. The van der Waals surface area contributed by atoms with Crippen molar-refractivity contribution in [1.29, 1.82) is 0 Å². The highest BCUT2D eigenvalue weighted by atomic mass is 32.1. The summed E-state index contributed by atoms with van der Waals surface area (Å²) in [5.74, 6) is 0.118. The van der Waals surface area contributed by atoms with E-state index in [9.17, 15) is 4.79 Å². The van der Waals surface area contributed by atoms with Gasteiger partial charge < -0.3 is 11.1 Å². The molecule has 1 aliphatic rings.